The number of likely N-dealkylation sites (tertiary alicyclic amines) is 1. The van der Waals surface area contributed by atoms with Crippen molar-refractivity contribution in [1.82, 2.24) is 10.2 Å². The highest BCUT2D eigenvalue weighted by Crippen LogP contribution is 2.18. The second kappa shape index (κ2) is 9.45. The Labute approximate surface area is 162 Å². The quantitative estimate of drug-likeness (QED) is 0.406. The Balaban J connectivity index is 0.00000288. The summed E-state index contributed by atoms with van der Waals surface area (Å²) in [4.78, 5) is 6.62. The molecule has 1 fully saturated rings. The van der Waals surface area contributed by atoms with Gasteiger partial charge in [-0.3, -0.25) is 9.71 Å². The molecule has 1 atom stereocenters. The summed E-state index contributed by atoms with van der Waals surface area (Å²) in [6, 6.07) is 7.39. The molecule has 1 aromatic carbocycles. The molecule has 0 aromatic heterocycles. The molecule has 0 bridgehead atoms. The fourth-order valence-electron chi connectivity index (χ4n) is 2.86. The smallest absolute Gasteiger partial charge is 0.229 e. The molecule has 24 heavy (non-hydrogen) atoms. The van der Waals surface area contributed by atoms with Crippen molar-refractivity contribution in [2.45, 2.75) is 26.3 Å². The maximum Gasteiger partial charge on any atom is 0.229 e. The molecule has 0 aliphatic carbocycles. The molecule has 1 aromatic rings. The normalized spacial score (nSPS) is 18.7. The molecule has 136 valence electrons. The van der Waals surface area contributed by atoms with Crippen LogP contribution in [0.2, 0.25) is 0 Å². The number of nitrogens with one attached hydrogen (secondary N) is 2. The molecule has 2 N–H and O–H groups in total. The van der Waals surface area contributed by atoms with E-state index in [1.54, 1.807) is 13.1 Å². The van der Waals surface area contributed by atoms with Gasteiger partial charge in [-0.25, -0.2) is 8.42 Å². The summed E-state index contributed by atoms with van der Waals surface area (Å²) in [6.45, 7) is 4.79. The second-order valence-electron chi connectivity index (χ2n) is 6.13. The fourth-order valence-corrected chi connectivity index (χ4v) is 3.46. The van der Waals surface area contributed by atoms with E-state index in [4.69, 9.17) is 0 Å². The van der Waals surface area contributed by atoms with E-state index in [1.807, 2.05) is 18.2 Å². The summed E-state index contributed by atoms with van der Waals surface area (Å²) in [7, 11) is -1.51. The van der Waals surface area contributed by atoms with E-state index in [1.165, 1.54) is 12.8 Å². The van der Waals surface area contributed by atoms with Crippen LogP contribution in [0, 0.1) is 5.92 Å². The van der Waals surface area contributed by atoms with Crippen LogP contribution in [0.5, 0.6) is 0 Å². The van der Waals surface area contributed by atoms with Crippen molar-refractivity contribution in [1.29, 1.82) is 0 Å². The molecule has 0 spiro atoms. The van der Waals surface area contributed by atoms with Gasteiger partial charge in [0.1, 0.15) is 0 Å². The van der Waals surface area contributed by atoms with Crippen LogP contribution >= 0.6 is 24.0 Å². The van der Waals surface area contributed by atoms with Gasteiger partial charge in [0.25, 0.3) is 0 Å². The highest BCUT2D eigenvalue weighted by Gasteiger charge is 2.19. The average Bonchev–Trinajstić information content (AvgIpc) is 2.48. The molecule has 0 amide bonds. The molecule has 1 heterocycles. The SMILES string of the molecule is CN=C(NCc1ccccc1NS(C)(=O)=O)N1CCCC(C)C1.I. The minimum Gasteiger partial charge on any atom is -0.352 e. The molecule has 0 radical (unpaired) electrons. The lowest BCUT2D eigenvalue weighted by Gasteiger charge is -2.33. The van der Waals surface area contributed by atoms with Crippen LogP contribution in [0.1, 0.15) is 25.3 Å². The Morgan fingerprint density at radius 2 is 2.08 bits per heavy atom. The standard InChI is InChI=1S/C16H26N4O2S.HI/c1-13-7-6-10-20(12-13)16(17-2)18-11-14-8-4-5-9-15(14)19-23(3,21)22;/h4-5,8-9,13,19H,6-7,10-12H2,1-3H3,(H,17,18);1H. The van der Waals surface area contributed by atoms with Gasteiger partial charge in [0.2, 0.25) is 10.0 Å². The molecule has 2 rings (SSSR count). The van der Waals surface area contributed by atoms with Crippen molar-refractivity contribution in [3.05, 3.63) is 29.8 Å². The molecular formula is C16H27IN4O2S. The Hall–Kier alpha value is -1.03. The van der Waals surface area contributed by atoms with Gasteiger partial charge in [-0.1, -0.05) is 25.1 Å². The average molecular weight is 466 g/mol. The van der Waals surface area contributed by atoms with Gasteiger partial charge in [-0.2, -0.15) is 0 Å². The first kappa shape index (κ1) is 21.0. The summed E-state index contributed by atoms with van der Waals surface area (Å²) in [6.07, 6.45) is 3.59. The lowest BCUT2D eigenvalue weighted by molar-refractivity contribution is 0.266. The van der Waals surface area contributed by atoms with Gasteiger partial charge in [0.05, 0.1) is 11.9 Å². The van der Waals surface area contributed by atoms with Crippen LogP contribution < -0.4 is 10.0 Å². The zero-order valence-electron chi connectivity index (χ0n) is 14.4. The third kappa shape index (κ3) is 6.46. The number of hydrogen-bond acceptors (Lipinski definition) is 3. The van der Waals surface area contributed by atoms with Gasteiger partial charge in [0, 0.05) is 26.7 Å². The molecule has 1 saturated heterocycles. The van der Waals surface area contributed by atoms with Crippen LogP contribution in [0.4, 0.5) is 5.69 Å². The van der Waals surface area contributed by atoms with Crippen LogP contribution in [-0.2, 0) is 16.6 Å². The Kier molecular flexibility index (Phi) is 8.28. The van der Waals surface area contributed by atoms with E-state index < -0.39 is 10.0 Å². The Morgan fingerprint density at radius 1 is 1.38 bits per heavy atom. The first-order valence-corrected chi connectivity index (χ1v) is 9.79. The van der Waals surface area contributed by atoms with Crippen LogP contribution in [0.15, 0.2) is 29.3 Å². The second-order valence-corrected chi connectivity index (χ2v) is 7.87. The zero-order valence-corrected chi connectivity index (χ0v) is 17.6. The van der Waals surface area contributed by atoms with Gasteiger partial charge < -0.3 is 10.2 Å². The first-order chi connectivity index (χ1) is 10.9. The number of piperidine rings is 1. The van der Waals surface area contributed by atoms with E-state index in [-0.39, 0.29) is 24.0 Å². The van der Waals surface area contributed by atoms with E-state index >= 15 is 0 Å². The monoisotopic (exact) mass is 466 g/mol. The first-order valence-electron chi connectivity index (χ1n) is 7.90. The summed E-state index contributed by atoms with van der Waals surface area (Å²) in [5.74, 6) is 1.53. The van der Waals surface area contributed by atoms with Crippen molar-refractivity contribution in [3.63, 3.8) is 0 Å². The summed E-state index contributed by atoms with van der Waals surface area (Å²) >= 11 is 0. The predicted molar refractivity (Wildman–Crippen MR) is 110 cm³/mol. The maximum absolute atomic E-state index is 11.5. The number of benzene rings is 1. The number of nitrogens with zero attached hydrogens (tertiary/aromatic N) is 2. The molecule has 1 unspecified atom stereocenters. The molecule has 0 saturated carbocycles. The Bertz CT molecular complexity index is 664. The van der Waals surface area contributed by atoms with Crippen LogP contribution in [0.3, 0.4) is 0 Å². The number of hydrogen-bond donors (Lipinski definition) is 2. The van der Waals surface area contributed by atoms with Crippen molar-refractivity contribution >= 4 is 45.6 Å². The molecule has 1 aliphatic rings. The van der Waals surface area contributed by atoms with Crippen LogP contribution in [-0.4, -0.2) is 45.7 Å². The van der Waals surface area contributed by atoms with Crippen molar-refractivity contribution in [3.8, 4) is 0 Å². The number of sulfonamides is 1. The summed E-state index contributed by atoms with van der Waals surface area (Å²) in [5, 5.41) is 3.34. The van der Waals surface area contributed by atoms with Gasteiger partial charge in [-0.05, 0) is 30.4 Å². The Morgan fingerprint density at radius 3 is 2.71 bits per heavy atom. The van der Waals surface area contributed by atoms with Gasteiger partial charge in [-0.15, -0.1) is 24.0 Å². The summed E-state index contributed by atoms with van der Waals surface area (Å²) in [5.41, 5.74) is 1.49. The highest BCUT2D eigenvalue weighted by atomic mass is 127. The van der Waals surface area contributed by atoms with E-state index in [0.29, 0.717) is 18.2 Å². The number of aliphatic imine (C=N–C) groups is 1. The number of anilines is 1. The number of para-hydroxylation sites is 1. The van der Waals surface area contributed by atoms with Crippen molar-refractivity contribution in [2.24, 2.45) is 10.9 Å². The lowest BCUT2D eigenvalue weighted by Crippen LogP contribution is -2.45. The predicted octanol–water partition coefficient (Wildman–Crippen LogP) is 2.48. The van der Waals surface area contributed by atoms with Crippen molar-refractivity contribution < 1.29 is 8.42 Å². The minimum atomic E-state index is -3.29. The number of guanidine groups is 1. The number of rotatable bonds is 4. The van der Waals surface area contributed by atoms with E-state index in [0.717, 1.165) is 30.9 Å². The molecule has 1 aliphatic heterocycles. The minimum absolute atomic E-state index is 0. The fraction of sp³-hybridized carbons (Fsp3) is 0.562. The van der Waals surface area contributed by atoms with Crippen LogP contribution in [0.25, 0.3) is 0 Å². The molecule has 6 nitrogen and oxygen atoms in total. The van der Waals surface area contributed by atoms with Gasteiger partial charge >= 0.3 is 0 Å². The number of halogens is 1. The van der Waals surface area contributed by atoms with Crippen molar-refractivity contribution in [2.75, 3.05) is 31.1 Å². The van der Waals surface area contributed by atoms with E-state index in [9.17, 15) is 8.42 Å². The third-order valence-electron chi connectivity index (χ3n) is 3.92. The molecular weight excluding hydrogens is 439 g/mol. The summed E-state index contributed by atoms with van der Waals surface area (Å²) < 4.78 is 25.5. The largest absolute Gasteiger partial charge is 0.352 e. The third-order valence-corrected chi connectivity index (χ3v) is 4.51. The van der Waals surface area contributed by atoms with Gasteiger partial charge in [0.15, 0.2) is 5.96 Å². The zero-order chi connectivity index (χ0) is 16.9. The maximum atomic E-state index is 11.5. The topological polar surface area (TPSA) is 73.8 Å². The lowest BCUT2D eigenvalue weighted by atomic mass is 10.0. The van der Waals surface area contributed by atoms with E-state index in [2.05, 4.69) is 26.9 Å². The molecule has 8 heteroatoms. The highest BCUT2D eigenvalue weighted by molar-refractivity contribution is 14.0.